The van der Waals surface area contributed by atoms with E-state index in [9.17, 15) is 19.5 Å². The van der Waals surface area contributed by atoms with E-state index in [1.54, 1.807) is 5.57 Å². The highest BCUT2D eigenvalue weighted by Crippen LogP contribution is 2.77. The van der Waals surface area contributed by atoms with Crippen LogP contribution in [0.1, 0.15) is 152 Å². The molecule has 7 aliphatic carbocycles. The molecule has 10 atom stereocenters. The molecule has 50 heavy (non-hydrogen) atoms. The second-order valence-corrected chi connectivity index (χ2v) is 21.0. The van der Waals surface area contributed by atoms with Crippen LogP contribution in [0.25, 0.3) is 0 Å². The lowest BCUT2D eigenvalue weighted by Gasteiger charge is -2.72. The predicted molar refractivity (Wildman–Crippen MR) is 197 cm³/mol. The Labute approximate surface area is 303 Å². The van der Waals surface area contributed by atoms with Crippen molar-refractivity contribution in [3.8, 4) is 0 Å². The number of carboxylic acid groups (broad SMARTS) is 1. The van der Waals surface area contributed by atoms with Crippen molar-refractivity contribution >= 4 is 17.7 Å². The predicted octanol–water partition coefficient (Wildman–Crippen LogP) is 9.41. The van der Waals surface area contributed by atoms with Gasteiger partial charge in [0, 0.05) is 17.3 Å². The first-order chi connectivity index (χ1) is 23.3. The van der Waals surface area contributed by atoms with Gasteiger partial charge in [0.25, 0.3) is 0 Å². The molecule has 0 unspecified atom stereocenters. The van der Waals surface area contributed by atoms with Crippen LogP contribution in [0.4, 0.5) is 0 Å². The smallest absolute Gasteiger partial charge is 0.309 e. The number of Topliss-reactive ketones (excluding diaryl/α,β-unsaturated/α-hetero) is 1. The number of fused-ring (bicyclic) bond motifs is 7. The first kappa shape index (κ1) is 36.7. The summed E-state index contributed by atoms with van der Waals surface area (Å²) in [6.07, 6.45) is 15.3. The highest BCUT2D eigenvalue weighted by atomic mass is 16.5. The van der Waals surface area contributed by atoms with E-state index in [1.807, 2.05) is 13.8 Å². The van der Waals surface area contributed by atoms with Gasteiger partial charge in [-0.15, -0.1) is 0 Å². The van der Waals surface area contributed by atoms with Gasteiger partial charge >= 0.3 is 11.9 Å². The van der Waals surface area contributed by atoms with Crippen molar-refractivity contribution in [3.63, 3.8) is 0 Å². The van der Waals surface area contributed by atoms with Gasteiger partial charge in [0.15, 0.2) is 5.78 Å². The molecular formula is C44H69NO5. The zero-order chi connectivity index (χ0) is 36.2. The Morgan fingerprint density at radius 3 is 2.18 bits per heavy atom. The molecule has 6 heteroatoms. The molecule has 0 aromatic rings. The fraction of sp³-hybridized carbons (Fsp3) is 0.886. The van der Waals surface area contributed by atoms with E-state index in [4.69, 9.17) is 4.74 Å². The molecule has 0 amide bonds. The number of carboxylic acids is 1. The molecular weight excluding hydrogens is 622 g/mol. The van der Waals surface area contributed by atoms with E-state index in [0.29, 0.717) is 30.0 Å². The van der Waals surface area contributed by atoms with Gasteiger partial charge in [-0.2, -0.15) is 0 Å². The summed E-state index contributed by atoms with van der Waals surface area (Å²) in [4.78, 5) is 39.3. The fourth-order valence-corrected chi connectivity index (χ4v) is 14.5. The number of aliphatic carboxylic acids is 1. The van der Waals surface area contributed by atoms with Gasteiger partial charge in [-0.3, -0.25) is 14.4 Å². The van der Waals surface area contributed by atoms with Crippen LogP contribution in [0.15, 0.2) is 11.1 Å². The van der Waals surface area contributed by atoms with Crippen LogP contribution in [0.5, 0.6) is 0 Å². The van der Waals surface area contributed by atoms with Crippen LogP contribution in [0.2, 0.25) is 0 Å². The molecule has 7 rings (SSSR count). The second kappa shape index (κ2) is 12.2. The van der Waals surface area contributed by atoms with Crippen molar-refractivity contribution in [2.24, 2.45) is 73.9 Å². The Bertz CT molecular complexity index is 1440. The van der Waals surface area contributed by atoms with Crippen LogP contribution in [-0.2, 0) is 19.1 Å². The molecule has 280 valence electrons. The van der Waals surface area contributed by atoms with E-state index in [-0.39, 0.29) is 51.0 Å². The second-order valence-electron chi connectivity index (χ2n) is 21.0. The number of carbonyl (C=O) groups is 3. The molecule has 6 fully saturated rings. The van der Waals surface area contributed by atoms with Gasteiger partial charge in [0.05, 0.1) is 11.8 Å². The molecule has 0 heterocycles. The number of hydrogen-bond acceptors (Lipinski definition) is 5. The number of hydrogen-bond donors (Lipinski definition) is 2. The average Bonchev–Trinajstić information content (AvgIpc) is 3.29. The minimum atomic E-state index is -0.808. The van der Waals surface area contributed by atoms with Crippen molar-refractivity contribution in [2.75, 3.05) is 13.1 Å². The summed E-state index contributed by atoms with van der Waals surface area (Å²) in [6, 6.07) is 0. The Hall–Kier alpha value is -1.69. The first-order valence-corrected chi connectivity index (χ1v) is 20.8. The SMILES string of the molecule is CC(C)C1=C2[C@H]3CC[C@@H]4[C@@]5(C)CC[C@H](OC(=O)[C@H]6C[C@@H](C(=O)O)C6(C)C)C(C)(C)[C@@H]5CC[C@@]4(C)[C@]3(C)CC[C@@]2(CCNCC2CCC2)CC1=O. The number of esters is 1. The Kier molecular flexibility index (Phi) is 8.92. The monoisotopic (exact) mass is 692 g/mol. The molecule has 0 bridgehead atoms. The van der Waals surface area contributed by atoms with Crippen molar-refractivity contribution in [1.29, 1.82) is 0 Å². The third-order valence-corrected chi connectivity index (χ3v) is 18.1. The lowest BCUT2D eigenvalue weighted by molar-refractivity contribution is -0.236. The largest absolute Gasteiger partial charge is 0.481 e. The minimum absolute atomic E-state index is 0.0428. The molecule has 7 aliphatic rings. The van der Waals surface area contributed by atoms with Gasteiger partial charge in [-0.05, 0) is 147 Å². The van der Waals surface area contributed by atoms with Crippen LogP contribution in [-0.4, -0.2) is 42.0 Å². The number of ether oxygens (including phenoxy) is 1. The van der Waals surface area contributed by atoms with Crippen molar-refractivity contribution in [3.05, 3.63) is 11.1 Å². The van der Waals surface area contributed by atoms with Gasteiger partial charge < -0.3 is 15.2 Å². The topological polar surface area (TPSA) is 92.7 Å². The summed E-state index contributed by atoms with van der Waals surface area (Å²) in [7, 11) is 0. The molecule has 0 radical (unpaired) electrons. The summed E-state index contributed by atoms with van der Waals surface area (Å²) < 4.78 is 6.43. The zero-order valence-corrected chi connectivity index (χ0v) is 33.0. The molecule has 2 N–H and O–H groups in total. The number of nitrogens with one attached hydrogen (secondary N) is 1. The Morgan fingerprint density at radius 2 is 1.56 bits per heavy atom. The van der Waals surface area contributed by atoms with Crippen LogP contribution in [0.3, 0.4) is 0 Å². The molecule has 0 saturated heterocycles. The fourth-order valence-electron chi connectivity index (χ4n) is 14.5. The van der Waals surface area contributed by atoms with Gasteiger partial charge in [-0.1, -0.05) is 74.3 Å². The van der Waals surface area contributed by atoms with Crippen molar-refractivity contribution in [2.45, 2.75) is 158 Å². The molecule has 0 aromatic carbocycles. The Balaban J connectivity index is 1.12. The van der Waals surface area contributed by atoms with E-state index < -0.39 is 17.3 Å². The highest BCUT2D eigenvalue weighted by molar-refractivity contribution is 6.00. The first-order valence-electron chi connectivity index (χ1n) is 20.8. The number of rotatable bonds is 9. The maximum atomic E-state index is 13.9. The Morgan fingerprint density at radius 1 is 0.840 bits per heavy atom. The van der Waals surface area contributed by atoms with E-state index in [1.165, 1.54) is 50.5 Å². The normalized spacial score (nSPS) is 44.7. The standard InChI is InChI=1S/C44H69NO5/c1-26(2)35-31(46)24-44(21-22-45-25-27-11-10-12-27)20-19-42(8)28(36(35)44)13-14-33-41(7)17-16-34(40(5,6)32(41)15-18-43(33,42)9)50-38(49)30-23-29(37(47)48)39(30,3)4/h26-30,32-34,45H,10-25H2,1-9H3,(H,47,48)/t28-,29+,30-,32+,33-,34+,41+,42-,43-,44-/m1/s1. The van der Waals surface area contributed by atoms with Gasteiger partial charge in [0.2, 0.25) is 0 Å². The molecule has 0 aromatic heterocycles. The number of carbonyl (C=O) groups excluding carboxylic acids is 2. The maximum absolute atomic E-state index is 13.9. The highest BCUT2D eigenvalue weighted by Gasteiger charge is 2.70. The molecule has 6 saturated carbocycles. The summed E-state index contributed by atoms with van der Waals surface area (Å²) >= 11 is 0. The number of allylic oxidation sites excluding steroid dienone is 2. The summed E-state index contributed by atoms with van der Waals surface area (Å²) in [5.41, 5.74) is 2.64. The van der Waals surface area contributed by atoms with Gasteiger partial charge in [-0.25, -0.2) is 0 Å². The third kappa shape index (κ3) is 5.12. The average molecular weight is 692 g/mol. The van der Waals surface area contributed by atoms with Crippen molar-refractivity contribution in [1.82, 2.24) is 5.32 Å². The summed E-state index contributed by atoms with van der Waals surface area (Å²) in [5.74, 6) is 1.30. The quantitative estimate of drug-likeness (QED) is 0.185. The molecule has 6 nitrogen and oxygen atoms in total. The summed E-state index contributed by atoms with van der Waals surface area (Å²) in [6.45, 7) is 23.1. The lowest BCUT2D eigenvalue weighted by Crippen LogP contribution is -2.66. The van der Waals surface area contributed by atoms with Crippen LogP contribution < -0.4 is 5.32 Å². The van der Waals surface area contributed by atoms with Crippen molar-refractivity contribution < 1.29 is 24.2 Å². The summed E-state index contributed by atoms with van der Waals surface area (Å²) in [5, 5.41) is 13.5. The number of ketones is 1. The lowest BCUT2D eigenvalue weighted by atomic mass is 9.33. The van der Waals surface area contributed by atoms with E-state index in [0.717, 1.165) is 57.5 Å². The maximum Gasteiger partial charge on any atom is 0.309 e. The van der Waals surface area contributed by atoms with Crippen LogP contribution in [0, 0.1) is 73.9 Å². The van der Waals surface area contributed by atoms with E-state index in [2.05, 4.69) is 53.8 Å². The molecule has 0 spiro atoms. The van der Waals surface area contributed by atoms with Gasteiger partial charge in [0.1, 0.15) is 6.10 Å². The zero-order valence-electron chi connectivity index (χ0n) is 33.0. The minimum Gasteiger partial charge on any atom is -0.481 e. The van der Waals surface area contributed by atoms with E-state index >= 15 is 0 Å². The molecule has 0 aliphatic heterocycles. The van der Waals surface area contributed by atoms with Crippen LogP contribution >= 0.6 is 0 Å². The third-order valence-electron chi connectivity index (χ3n) is 18.1.